The number of nitrogens with one attached hydrogen (secondary N) is 2. The van der Waals surface area contributed by atoms with Crippen LogP contribution in [0.5, 0.6) is 0 Å². The standard InChI is InChI=1S/C18H14ClN3O3/c1-11-9-16(22-25-11)21-18(24)13-4-2-3-12(10-13)17(23)20-15-7-5-14(19)6-8-15/h2-10H,1H3,(H,20,23)(H,21,22,24). The summed E-state index contributed by atoms with van der Waals surface area (Å²) in [4.78, 5) is 24.6. The Labute approximate surface area is 148 Å². The van der Waals surface area contributed by atoms with E-state index in [1.165, 1.54) is 6.07 Å². The predicted molar refractivity (Wildman–Crippen MR) is 95.0 cm³/mol. The van der Waals surface area contributed by atoms with Crippen LogP contribution in [0.4, 0.5) is 11.5 Å². The van der Waals surface area contributed by atoms with E-state index in [2.05, 4.69) is 15.8 Å². The van der Waals surface area contributed by atoms with E-state index in [4.69, 9.17) is 16.1 Å². The Morgan fingerprint density at radius 2 is 1.60 bits per heavy atom. The van der Waals surface area contributed by atoms with Crippen molar-refractivity contribution < 1.29 is 14.1 Å². The van der Waals surface area contributed by atoms with Gasteiger partial charge in [-0.2, -0.15) is 0 Å². The zero-order valence-corrected chi connectivity index (χ0v) is 14.0. The number of halogens is 1. The van der Waals surface area contributed by atoms with Crippen LogP contribution in [0, 0.1) is 6.92 Å². The second-order valence-corrected chi connectivity index (χ2v) is 5.76. The van der Waals surface area contributed by atoms with Crippen molar-refractivity contribution in [2.45, 2.75) is 6.92 Å². The maximum Gasteiger partial charge on any atom is 0.256 e. The van der Waals surface area contributed by atoms with E-state index in [9.17, 15) is 9.59 Å². The van der Waals surface area contributed by atoms with Gasteiger partial charge < -0.3 is 15.2 Å². The number of nitrogens with zero attached hydrogens (tertiary/aromatic N) is 1. The minimum atomic E-state index is -0.380. The number of rotatable bonds is 4. The first kappa shape index (κ1) is 16.7. The van der Waals surface area contributed by atoms with E-state index >= 15 is 0 Å². The van der Waals surface area contributed by atoms with Crippen molar-refractivity contribution in [1.82, 2.24) is 5.16 Å². The van der Waals surface area contributed by atoms with E-state index in [1.807, 2.05) is 0 Å². The van der Waals surface area contributed by atoms with Gasteiger partial charge in [0, 0.05) is 27.9 Å². The van der Waals surface area contributed by atoms with E-state index < -0.39 is 0 Å². The van der Waals surface area contributed by atoms with Crippen molar-refractivity contribution in [3.05, 3.63) is 76.5 Å². The molecule has 2 aromatic carbocycles. The quantitative estimate of drug-likeness (QED) is 0.736. The summed E-state index contributed by atoms with van der Waals surface area (Å²) in [5.74, 6) is 0.202. The van der Waals surface area contributed by atoms with Crippen LogP contribution in [-0.2, 0) is 0 Å². The first-order valence-electron chi connectivity index (χ1n) is 7.43. The van der Waals surface area contributed by atoms with Crippen molar-refractivity contribution in [2.75, 3.05) is 10.6 Å². The molecule has 25 heavy (non-hydrogen) atoms. The second kappa shape index (κ2) is 7.19. The molecule has 126 valence electrons. The summed E-state index contributed by atoms with van der Waals surface area (Å²) in [5.41, 5.74) is 1.31. The fourth-order valence-corrected chi connectivity index (χ4v) is 2.28. The number of aryl methyl sites for hydroxylation is 1. The average molecular weight is 356 g/mol. The molecule has 0 saturated carbocycles. The third kappa shape index (κ3) is 4.24. The second-order valence-electron chi connectivity index (χ2n) is 5.32. The van der Waals surface area contributed by atoms with E-state index in [0.717, 1.165) is 0 Å². The van der Waals surface area contributed by atoms with Crippen molar-refractivity contribution in [2.24, 2.45) is 0 Å². The summed E-state index contributed by atoms with van der Waals surface area (Å²) in [7, 11) is 0. The molecule has 0 aliphatic heterocycles. The van der Waals surface area contributed by atoms with Crippen LogP contribution < -0.4 is 10.6 Å². The van der Waals surface area contributed by atoms with Crippen LogP contribution in [-0.4, -0.2) is 17.0 Å². The van der Waals surface area contributed by atoms with Crippen molar-refractivity contribution in [3.63, 3.8) is 0 Å². The van der Waals surface area contributed by atoms with Crippen LogP contribution in [0.15, 0.2) is 59.1 Å². The molecule has 0 atom stereocenters. The Morgan fingerprint density at radius 3 is 2.20 bits per heavy atom. The third-order valence-corrected chi connectivity index (χ3v) is 3.61. The Morgan fingerprint density at radius 1 is 0.960 bits per heavy atom. The molecule has 7 heteroatoms. The van der Waals surface area contributed by atoms with Crippen LogP contribution >= 0.6 is 11.6 Å². The number of carbonyl (C=O) groups excluding carboxylic acids is 2. The SMILES string of the molecule is Cc1cc(NC(=O)c2cccc(C(=O)Nc3ccc(Cl)cc3)c2)no1. The number of hydrogen-bond acceptors (Lipinski definition) is 4. The summed E-state index contributed by atoms with van der Waals surface area (Å²) >= 11 is 5.82. The number of carbonyl (C=O) groups is 2. The molecule has 1 aromatic heterocycles. The Bertz CT molecular complexity index is 919. The van der Waals surface area contributed by atoms with Gasteiger partial charge in [0.1, 0.15) is 5.76 Å². The molecule has 6 nitrogen and oxygen atoms in total. The Balaban J connectivity index is 1.72. The lowest BCUT2D eigenvalue weighted by atomic mass is 10.1. The molecular formula is C18H14ClN3O3. The topological polar surface area (TPSA) is 84.2 Å². The molecule has 0 radical (unpaired) electrons. The van der Waals surface area contributed by atoms with Crippen LogP contribution in [0.25, 0.3) is 0 Å². The molecule has 0 fully saturated rings. The normalized spacial score (nSPS) is 10.3. The number of amides is 2. The highest BCUT2D eigenvalue weighted by Crippen LogP contribution is 2.16. The van der Waals surface area contributed by atoms with Gasteiger partial charge in [-0.25, -0.2) is 0 Å². The fourth-order valence-electron chi connectivity index (χ4n) is 2.15. The minimum Gasteiger partial charge on any atom is -0.360 e. The van der Waals surface area contributed by atoms with Gasteiger partial charge in [-0.05, 0) is 49.4 Å². The van der Waals surface area contributed by atoms with Crippen LogP contribution in [0.1, 0.15) is 26.5 Å². The van der Waals surface area contributed by atoms with Crippen LogP contribution in [0.2, 0.25) is 5.02 Å². The Kier molecular flexibility index (Phi) is 4.81. The lowest BCUT2D eigenvalue weighted by Gasteiger charge is -2.07. The smallest absolute Gasteiger partial charge is 0.256 e. The van der Waals surface area contributed by atoms with Gasteiger partial charge in [-0.1, -0.05) is 22.8 Å². The van der Waals surface area contributed by atoms with Gasteiger partial charge in [0.15, 0.2) is 5.82 Å². The highest BCUT2D eigenvalue weighted by atomic mass is 35.5. The molecule has 2 amide bonds. The summed E-state index contributed by atoms with van der Waals surface area (Å²) < 4.78 is 4.90. The fraction of sp³-hybridized carbons (Fsp3) is 0.0556. The lowest BCUT2D eigenvalue weighted by molar-refractivity contribution is 0.102. The number of anilines is 2. The van der Waals surface area contributed by atoms with Crippen LogP contribution in [0.3, 0.4) is 0 Å². The number of hydrogen-bond donors (Lipinski definition) is 2. The maximum absolute atomic E-state index is 12.3. The lowest BCUT2D eigenvalue weighted by Crippen LogP contribution is -2.15. The van der Waals surface area contributed by atoms with Gasteiger partial charge in [0.05, 0.1) is 0 Å². The highest BCUT2D eigenvalue weighted by Gasteiger charge is 2.12. The van der Waals surface area contributed by atoms with E-state index in [0.29, 0.717) is 33.4 Å². The molecule has 3 aromatic rings. The maximum atomic E-state index is 12.3. The van der Waals surface area contributed by atoms with Gasteiger partial charge >= 0.3 is 0 Å². The third-order valence-electron chi connectivity index (χ3n) is 3.36. The first-order chi connectivity index (χ1) is 12.0. The summed E-state index contributed by atoms with van der Waals surface area (Å²) in [6, 6.07) is 14.8. The summed E-state index contributed by atoms with van der Waals surface area (Å²) in [5, 5.41) is 9.65. The van der Waals surface area contributed by atoms with Gasteiger partial charge in [0.2, 0.25) is 0 Å². The van der Waals surface area contributed by atoms with E-state index in [-0.39, 0.29) is 11.8 Å². The molecule has 0 bridgehead atoms. The van der Waals surface area contributed by atoms with Gasteiger partial charge in [-0.3, -0.25) is 9.59 Å². The minimum absolute atomic E-state index is 0.318. The van der Waals surface area contributed by atoms with Crippen molar-refractivity contribution in [3.8, 4) is 0 Å². The first-order valence-corrected chi connectivity index (χ1v) is 7.81. The van der Waals surface area contributed by atoms with E-state index in [1.54, 1.807) is 55.5 Å². The zero-order valence-electron chi connectivity index (χ0n) is 13.2. The molecule has 0 aliphatic rings. The molecule has 0 unspecified atom stereocenters. The molecule has 0 saturated heterocycles. The molecule has 1 heterocycles. The highest BCUT2D eigenvalue weighted by molar-refractivity contribution is 6.30. The number of aromatic nitrogens is 1. The molecule has 2 N–H and O–H groups in total. The summed E-state index contributed by atoms with van der Waals surface area (Å²) in [6.45, 7) is 1.73. The van der Waals surface area contributed by atoms with Crippen molar-refractivity contribution in [1.29, 1.82) is 0 Å². The number of benzene rings is 2. The molecular weight excluding hydrogens is 342 g/mol. The monoisotopic (exact) mass is 355 g/mol. The van der Waals surface area contributed by atoms with Gasteiger partial charge in [-0.15, -0.1) is 0 Å². The molecule has 3 rings (SSSR count). The van der Waals surface area contributed by atoms with Gasteiger partial charge in [0.25, 0.3) is 11.8 Å². The molecule has 0 spiro atoms. The largest absolute Gasteiger partial charge is 0.360 e. The predicted octanol–water partition coefficient (Wildman–Crippen LogP) is 4.14. The zero-order chi connectivity index (χ0) is 17.8. The summed E-state index contributed by atoms with van der Waals surface area (Å²) in [6.07, 6.45) is 0. The average Bonchev–Trinajstić information content (AvgIpc) is 3.02. The van der Waals surface area contributed by atoms with Crippen molar-refractivity contribution >= 4 is 34.9 Å². The molecule has 0 aliphatic carbocycles. The Hall–Kier alpha value is -3.12.